The summed E-state index contributed by atoms with van der Waals surface area (Å²) in [6.07, 6.45) is 0. The second-order valence-corrected chi connectivity index (χ2v) is 6.52. The van der Waals surface area contributed by atoms with Crippen molar-refractivity contribution in [1.29, 1.82) is 0 Å². The van der Waals surface area contributed by atoms with Crippen LogP contribution in [-0.2, 0) is 16.1 Å². The summed E-state index contributed by atoms with van der Waals surface area (Å²) < 4.78 is 5.89. The molecule has 3 aromatic carbocycles. The summed E-state index contributed by atoms with van der Waals surface area (Å²) in [5, 5.41) is 4.71. The molecular formula is C22H16N2O5. The van der Waals surface area contributed by atoms with Gasteiger partial charge in [0.1, 0.15) is 6.54 Å². The van der Waals surface area contributed by atoms with E-state index in [1.807, 2.05) is 30.3 Å². The maximum Gasteiger partial charge on any atom is 0.328 e. The van der Waals surface area contributed by atoms with Crippen LogP contribution in [0, 0.1) is 0 Å². The molecule has 7 nitrogen and oxygen atoms in total. The van der Waals surface area contributed by atoms with Gasteiger partial charge >= 0.3 is 5.97 Å². The van der Waals surface area contributed by atoms with Crippen molar-refractivity contribution in [3.8, 4) is 0 Å². The van der Waals surface area contributed by atoms with Crippen molar-refractivity contribution in [3.05, 3.63) is 93.0 Å². The number of Topliss-reactive ketones (excluding diaryl/α,β-unsaturated/α-hetero) is 1. The van der Waals surface area contributed by atoms with Crippen molar-refractivity contribution in [3.63, 3.8) is 0 Å². The van der Waals surface area contributed by atoms with E-state index in [4.69, 9.17) is 4.74 Å². The molecule has 7 heteroatoms. The number of carbonyl (C=O) groups is 2. The summed E-state index contributed by atoms with van der Waals surface area (Å²) in [5.74, 6) is -1.16. The lowest BCUT2D eigenvalue weighted by Gasteiger charge is -2.08. The first-order chi connectivity index (χ1) is 14.0. The molecule has 0 saturated heterocycles. The highest BCUT2D eigenvalue weighted by Gasteiger charge is 2.14. The van der Waals surface area contributed by atoms with Gasteiger partial charge in [-0.25, -0.2) is 4.68 Å². The van der Waals surface area contributed by atoms with Crippen LogP contribution in [0.3, 0.4) is 0 Å². The van der Waals surface area contributed by atoms with Crippen LogP contribution in [-0.4, -0.2) is 28.1 Å². The number of hydrogen-bond acceptors (Lipinski definition) is 5. The average Bonchev–Trinajstić information content (AvgIpc) is 2.75. The Balaban J connectivity index is 1.46. The maximum atomic E-state index is 12.4. The summed E-state index contributed by atoms with van der Waals surface area (Å²) >= 11 is 0. The predicted molar refractivity (Wildman–Crippen MR) is 108 cm³/mol. The minimum Gasteiger partial charge on any atom is -0.456 e. The third-order valence-electron chi connectivity index (χ3n) is 4.61. The number of esters is 1. The lowest BCUT2D eigenvalue weighted by molar-refractivity contribution is -0.143. The molecule has 0 bridgehead atoms. The average molecular weight is 388 g/mol. The van der Waals surface area contributed by atoms with E-state index in [-0.39, 0.29) is 16.6 Å². The van der Waals surface area contributed by atoms with E-state index in [9.17, 15) is 19.2 Å². The van der Waals surface area contributed by atoms with Gasteiger partial charge in [0.25, 0.3) is 11.1 Å². The minimum absolute atomic E-state index is 0.205. The van der Waals surface area contributed by atoms with Crippen LogP contribution < -0.4 is 11.1 Å². The molecule has 29 heavy (non-hydrogen) atoms. The number of ether oxygens (including phenoxy) is 1. The lowest BCUT2D eigenvalue weighted by Crippen LogP contribution is -2.33. The molecular weight excluding hydrogens is 372 g/mol. The van der Waals surface area contributed by atoms with E-state index in [0.29, 0.717) is 5.56 Å². The van der Waals surface area contributed by atoms with Crippen LogP contribution in [0.1, 0.15) is 10.4 Å². The normalized spacial score (nSPS) is 10.9. The number of nitrogens with zero attached hydrogens (tertiary/aromatic N) is 1. The second-order valence-electron chi connectivity index (χ2n) is 6.52. The van der Waals surface area contributed by atoms with E-state index < -0.39 is 30.2 Å². The Kier molecular flexibility index (Phi) is 4.78. The number of benzene rings is 3. The molecule has 1 N–H and O–H groups in total. The first-order valence-corrected chi connectivity index (χ1v) is 8.92. The van der Waals surface area contributed by atoms with Gasteiger partial charge in [-0.15, -0.1) is 0 Å². The molecule has 0 aliphatic carbocycles. The first kappa shape index (κ1) is 18.4. The monoisotopic (exact) mass is 388 g/mol. The summed E-state index contributed by atoms with van der Waals surface area (Å²) in [7, 11) is 0. The Labute approximate surface area is 164 Å². The van der Waals surface area contributed by atoms with Gasteiger partial charge in [0.2, 0.25) is 0 Å². The number of hydrogen-bond donors (Lipinski definition) is 1. The highest BCUT2D eigenvalue weighted by molar-refractivity contribution is 6.01. The summed E-state index contributed by atoms with van der Waals surface area (Å²) in [6, 6.07) is 19.2. The predicted octanol–water partition coefficient (Wildman–Crippen LogP) is 2.27. The fourth-order valence-electron chi connectivity index (χ4n) is 3.12. The second kappa shape index (κ2) is 7.55. The van der Waals surface area contributed by atoms with Crippen molar-refractivity contribution in [2.24, 2.45) is 0 Å². The van der Waals surface area contributed by atoms with Crippen LogP contribution in [0.2, 0.25) is 0 Å². The number of aromatic nitrogens is 2. The zero-order valence-electron chi connectivity index (χ0n) is 15.3. The van der Waals surface area contributed by atoms with Crippen molar-refractivity contribution in [1.82, 2.24) is 9.78 Å². The smallest absolute Gasteiger partial charge is 0.328 e. The fourth-order valence-corrected chi connectivity index (χ4v) is 3.12. The van der Waals surface area contributed by atoms with Crippen LogP contribution in [0.4, 0.5) is 0 Å². The minimum atomic E-state index is -0.799. The summed E-state index contributed by atoms with van der Waals surface area (Å²) in [6.45, 7) is -0.951. The number of nitrogens with one attached hydrogen (secondary N) is 1. The van der Waals surface area contributed by atoms with Gasteiger partial charge < -0.3 is 4.74 Å². The Hall–Kier alpha value is -4.00. The third kappa shape index (κ3) is 3.70. The van der Waals surface area contributed by atoms with Crippen molar-refractivity contribution in [2.75, 3.05) is 6.61 Å². The molecule has 0 aliphatic rings. The molecule has 4 rings (SSSR count). The molecule has 144 valence electrons. The zero-order chi connectivity index (χ0) is 20.4. The van der Waals surface area contributed by atoms with E-state index in [1.54, 1.807) is 24.3 Å². The first-order valence-electron chi connectivity index (χ1n) is 8.92. The highest BCUT2D eigenvalue weighted by Crippen LogP contribution is 2.16. The molecule has 0 amide bonds. The molecule has 0 aliphatic heterocycles. The van der Waals surface area contributed by atoms with Gasteiger partial charge in [-0.1, -0.05) is 48.5 Å². The Morgan fingerprint density at radius 3 is 2.34 bits per heavy atom. The molecule has 1 heterocycles. The van der Waals surface area contributed by atoms with Crippen LogP contribution in [0.15, 0.2) is 76.3 Å². The molecule has 0 spiro atoms. The van der Waals surface area contributed by atoms with Gasteiger partial charge in [-0.05, 0) is 29.0 Å². The number of H-pyrrole nitrogens is 1. The van der Waals surface area contributed by atoms with E-state index in [0.717, 1.165) is 15.5 Å². The van der Waals surface area contributed by atoms with Crippen LogP contribution in [0.25, 0.3) is 21.5 Å². The molecule has 0 radical (unpaired) electrons. The van der Waals surface area contributed by atoms with E-state index in [1.165, 1.54) is 12.1 Å². The number of aromatic amines is 1. The molecule has 0 atom stereocenters. The number of rotatable bonds is 5. The van der Waals surface area contributed by atoms with Crippen LogP contribution in [0.5, 0.6) is 0 Å². The largest absolute Gasteiger partial charge is 0.456 e. The molecule has 4 aromatic rings. The molecule has 0 saturated carbocycles. The number of ketones is 1. The highest BCUT2D eigenvalue weighted by atomic mass is 16.5. The van der Waals surface area contributed by atoms with E-state index in [2.05, 4.69) is 5.10 Å². The molecule has 1 aromatic heterocycles. The summed E-state index contributed by atoms with van der Waals surface area (Å²) in [4.78, 5) is 48.9. The van der Waals surface area contributed by atoms with Crippen molar-refractivity contribution >= 4 is 33.3 Å². The topological polar surface area (TPSA) is 98.2 Å². The van der Waals surface area contributed by atoms with Crippen LogP contribution >= 0.6 is 0 Å². The van der Waals surface area contributed by atoms with Gasteiger partial charge in [0, 0.05) is 5.56 Å². The molecule has 0 fully saturated rings. The van der Waals surface area contributed by atoms with Crippen molar-refractivity contribution in [2.45, 2.75) is 6.54 Å². The quantitative estimate of drug-likeness (QED) is 0.418. The SMILES string of the molecule is O=C(Cn1[nH]c(=O)c2ccccc2c1=O)OCC(=O)c1ccc2ccccc2c1. The standard InChI is InChI=1S/C22H16N2O5/c25-19(16-10-9-14-5-1-2-6-15(14)11-16)13-29-20(26)12-24-22(28)18-8-4-3-7-17(18)21(27)23-24/h1-11H,12-13H2,(H,23,27). The molecule has 0 unspecified atom stereocenters. The third-order valence-corrected chi connectivity index (χ3v) is 4.61. The Bertz CT molecular complexity index is 1370. The van der Waals surface area contributed by atoms with Crippen molar-refractivity contribution < 1.29 is 14.3 Å². The van der Waals surface area contributed by atoms with Gasteiger partial charge in [-0.3, -0.25) is 24.3 Å². The number of carbonyl (C=O) groups excluding carboxylic acids is 2. The van der Waals surface area contributed by atoms with Gasteiger partial charge in [0.05, 0.1) is 10.8 Å². The fraction of sp³-hybridized carbons (Fsp3) is 0.0909. The zero-order valence-corrected chi connectivity index (χ0v) is 15.3. The van der Waals surface area contributed by atoms with Gasteiger partial charge in [0.15, 0.2) is 12.4 Å². The summed E-state index contributed by atoms with van der Waals surface area (Å²) in [5.41, 5.74) is -0.578. The Morgan fingerprint density at radius 2 is 1.55 bits per heavy atom. The number of fused-ring (bicyclic) bond motifs is 2. The lowest BCUT2D eigenvalue weighted by atomic mass is 10.0. The Morgan fingerprint density at radius 1 is 0.862 bits per heavy atom. The van der Waals surface area contributed by atoms with E-state index >= 15 is 0 Å². The maximum absolute atomic E-state index is 12.4. The van der Waals surface area contributed by atoms with Gasteiger partial charge in [-0.2, -0.15) is 0 Å².